The Morgan fingerprint density at radius 1 is 1.03 bits per heavy atom. The fraction of sp³-hybridized carbons (Fsp3) is 0.714. The van der Waals surface area contributed by atoms with E-state index in [9.17, 15) is 0 Å². The van der Waals surface area contributed by atoms with Crippen molar-refractivity contribution in [3.05, 3.63) is 53.6 Å². The number of rotatable bonds is 11. The monoisotopic (exact) mass is 476 g/mol. The van der Waals surface area contributed by atoms with Gasteiger partial charge in [-0.2, -0.15) is 0 Å². The third kappa shape index (κ3) is 5.83. The topological polar surface area (TPSA) is 0 Å². The second-order valence-corrected chi connectivity index (χ2v) is 13.0. The highest BCUT2D eigenvalue weighted by Crippen LogP contribution is 2.65. The molecule has 3 unspecified atom stereocenters. The standard InChI is InChI=1S/C35H56/c1-10-19-35(20-11-2)22-18-28(7)33-30(12-3)29(8)34(9,32(33)24-35)21-14-13-15-26(5)31-23-25(4)16-17-27(31)6/h16-17,23,29-30,32-33H,5,7,10-15,18-22,24H2,1-4,6,8-9H3/t29-,30?,32?,33?,34+/m0/s1. The average Bonchev–Trinajstić information content (AvgIpc) is 2.92. The number of aryl methyl sites for hydroxylation is 2. The Hall–Kier alpha value is -1.30. The summed E-state index contributed by atoms with van der Waals surface area (Å²) in [5, 5.41) is 0. The molecule has 2 aliphatic rings. The van der Waals surface area contributed by atoms with Gasteiger partial charge in [0.05, 0.1) is 0 Å². The highest BCUT2D eigenvalue weighted by Gasteiger charge is 2.57. The summed E-state index contributed by atoms with van der Waals surface area (Å²) in [5.41, 5.74) is 8.00. The van der Waals surface area contributed by atoms with E-state index in [0.29, 0.717) is 10.8 Å². The van der Waals surface area contributed by atoms with Crippen molar-refractivity contribution in [2.45, 2.75) is 126 Å². The quantitative estimate of drug-likeness (QED) is 0.220. The van der Waals surface area contributed by atoms with Crippen molar-refractivity contribution in [1.82, 2.24) is 0 Å². The molecule has 0 spiro atoms. The van der Waals surface area contributed by atoms with Crippen LogP contribution in [0, 0.1) is 48.3 Å². The normalized spacial score (nSPS) is 30.2. The highest BCUT2D eigenvalue weighted by molar-refractivity contribution is 5.66. The summed E-state index contributed by atoms with van der Waals surface area (Å²) in [4.78, 5) is 0. The number of unbranched alkanes of at least 4 members (excludes halogenated alkanes) is 1. The SMILES string of the molecule is C=C(CCCC[C@@]1(C)C2CC(CCC)(CCC)CCC(=C)C2C(CC)[C@@H]1C)c1cc(C)ccc1C. The zero-order chi connectivity index (χ0) is 25.8. The molecule has 3 rings (SSSR count). The lowest BCUT2D eigenvalue weighted by atomic mass is 9.62. The summed E-state index contributed by atoms with van der Waals surface area (Å²) < 4.78 is 0. The fourth-order valence-corrected chi connectivity index (χ4v) is 8.71. The molecule has 0 saturated heterocycles. The minimum absolute atomic E-state index is 0.436. The van der Waals surface area contributed by atoms with Gasteiger partial charge in [-0.3, -0.25) is 0 Å². The first-order valence-corrected chi connectivity index (χ1v) is 15.1. The van der Waals surface area contributed by atoms with Gasteiger partial charge >= 0.3 is 0 Å². The van der Waals surface area contributed by atoms with Crippen molar-refractivity contribution in [1.29, 1.82) is 0 Å². The first-order valence-electron chi connectivity index (χ1n) is 15.1. The lowest BCUT2D eigenvalue weighted by molar-refractivity contribution is 0.0720. The van der Waals surface area contributed by atoms with Gasteiger partial charge < -0.3 is 0 Å². The van der Waals surface area contributed by atoms with E-state index in [2.05, 4.69) is 73.2 Å². The predicted molar refractivity (Wildman–Crippen MR) is 157 cm³/mol. The Kier molecular flexibility index (Phi) is 9.56. The molecule has 0 radical (unpaired) electrons. The summed E-state index contributed by atoms with van der Waals surface area (Å²) in [6.45, 7) is 26.2. The first kappa shape index (κ1) is 28.3. The van der Waals surface area contributed by atoms with Crippen LogP contribution in [0.5, 0.6) is 0 Å². The molecule has 2 aliphatic carbocycles. The zero-order valence-corrected chi connectivity index (χ0v) is 24.4. The van der Waals surface area contributed by atoms with E-state index in [1.54, 1.807) is 5.57 Å². The molecule has 35 heavy (non-hydrogen) atoms. The van der Waals surface area contributed by atoms with Crippen LogP contribution >= 0.6 is 0 Å². The Morgan fingerprint density at radius 3 is 2.34 bits per heavy atom. The van der Waals surface area contributed by atoms with Crippen molar-refractivity contribution in [3.63, 3.8) is 0 Å². The van der Waals surface area contributed by atoms with Gasteiger partial charge in [0.25, 0.3) is 0 Å². The number of hydrogen-bond acceptors (Lipinski definition) is 0. The van der Waals surface area contributed by atoms with Gasteiger partial charge in [0.2, 0.25) is 0 Å². The van der Waals surface area contributed by atoms with Crippen LogP contribution in [-0.2, 0) is 0 Å². The molecular formula is C35H56. The molecule has 0 nitrogen and oxygen atoms in total. The molecule has 0 aliphatic heterocycles. The molecular weight excluding hydrogens is 420 g/mol. The average molecular weight is 477 g/mol. The minimum atomic E-state index is 0.436. The van der Waals surface area contributed by atoms with Crippen molar-refractivity contribution >= 4 is 5.57 Å². The van der Waals surface area contributed by atoms with Crippen LogP contribution < -0.4 is 0 Å². The van der Waals surface area contributed by atoms with E-state index in [1.165, 1.54) is 92.9 Å². The predicted octanol–water partition coefficient (Wildman–Crippen LogP) is 11.1. The number of fused-ring (bicyclic) bond motifs is 1. The maximum Gasteiger partial charge on any atom is -0.0141 e. The molecule has 0 amide bonds. The second-order valence-electron chi connectivity index (χ2n) is 13.0. The molecule has 0 heterocycles. The Bertz CT molecular complexity index is 866. The van der Waals surface area contributed by atoms with E-state index < -0.39 is 0 Å². The van der Waals surface area contributed by atoms with E-state index in [1.807, 2.05) is 0 Å². The van der Waals surface area contributed by atoms with Crippen LogP contribution in [-0.4, -0.2) is 0 Å². The summed E-state index contributed by atoms with van der Waals surface area (Å²) in [5.74, 6) is 3.18. The Balaban J connectivity index is 1.76. The largest absolute Gasteiger partial charge is 0.0996 e. The highest BCUT2D eigenvalue weighted by atomic mass is 14.6. The van der Waals surface area contributed by atoms with E-state index in [0.717, 1.165) is 30.1 Å². The molecule has 0 heteroatoms. The summed E-state index contributed by atoms with van der Waals surface area (Å²) in [7, 11) is 0. The van der Waals surface area contributed by atoms with Crippen LogP contribution in [0.25, 0.3) is 5.57 Å². The van der Waals surface area contributed by atoms with Crippen LogP contribution in [0.1, 0.15) is 128 Å². The molecule has 0 bridgehead atoms. The summed E-state index contributed by atoms with van der Waals surface area (Å²) in [6.07, 6.45) is 16.0. The van der Waals surface area contributed by atoms with E-state index >= 15 is 0 Å². The van der Waals surface area contributed by atoms with Gasteiger partial charge in [-0.05, 0) is 116 Å². The van der Waals surface area contributed by atoms with Gasteiger partial charge in [-0.15, -0.1) is 0 Å². The smallest absolute Gasteiger partial charge is 0.0141 e. The van der Waals surface area contributed by atoms with Crippen LogP contribution in [0.3, 0.4) is 0 Å². The van der Waals surface area contributed by atoms with Gasteiger partial charge in [-0.25, -0.2) is 0 Å². The maximum absolute atomic E-state index is 4.76. The Morgan fingerprint density at radius 2 is 1.71 bits per heavy atom. The molecule has 0 aromatic heterocycles. The first-order chi connectivity index (χ1) is 16.6. The van der Waals surface area contributed by atoms with Gasteiger partial charge in [0.1, 0.15) is 0 Å². The maximum atomic E-state index is 4.76. The van der Waals surface area contributed by atoms with Crippen molar-refractivity contribution < 1.29 is 0 Å². The number of allylic oxidation sites excluding steroid dienone is 2. The molecule has 1 aromatic carbocycles. The van der Waals surface area contributed by atoms with Gasteiger partial charge in [0, 0.05) is 0 Å². The van der Waals surface area contributed by atoms with Crippen LogP contribution in [0.2, 0.25) is 0 Å². The molecule has 2 saturated carbocycles. The second kappa shape index (κ2) is 11.8. The van der Waals surface area contributed by atoms with Gasteiger partial charge in [0.15, 0.2) is 0 Å². The third-order valence-corrected chi connectivity index (χ3v) is 10.8. The number of benzene rings is 1. The summed E-state index contributed by atoms with van der Waals surface area (Å²) in [6, 6.07) is 6.79. The van der Waals surface area contributed by atoms with Gasteiger partial charge in [-0.1, -0.05) is 103 Å². The molecule has 196 valence electrons. The molecule has 5 atom stereocenters. The number of hydrogen-bond donors (Lipinski definition) is 0. The van der Waals surface area contributed by atoms with E-state index in [4.69, 9.17) is 6.58 Å². The molecule has 0 N–H and O–H groups in total. The lowest BCUT2D eigenvalue weighted by Gasteiger charge is -2.43. The van der Waals surface area contributed by atoms with Crippen molar-refractivity contribution in [2.75, 3.05) is 0 Å². The lowest BCUT2D eigenvalue weighted by Crippen LogP contribution is -2.34. The Labute approximate surface area is 219 Å². The van der Waals surface area contributed by atoms with Crippen molar-refractivity contribution in [3.8, 4) is 0 Å². The third-order valence-electron chi connectivity index (χ3n) is 10.8. The fourth-order valence-electron chi connectivity index (χ4n) is 8.71. The molecule has 2 fully saturated rings. The van der Waals surface area contributed by atoms with E-state index in [-0.39, 0.29) is 0 Å². The minimum Gasteiger partial charge on any atom is -0.0996 e. The zero-order valence-electron chi connectivity index (χ0n) is 24.4. The van der Waals surface area contributed by atoms with Crippen molar-refractivity contribution in [2.24, 2.45) is 34.5 Å². The van der Waals surface area contributed by atoms with Crippen LogP contribution in [0.15, 0.2) is 36.9 Å². The van der Waals surface area contributed by atoms with Crippen LogP contribution in [0.4, 0.5) is 0 Å². The molecule has 1 aromatic rings. The summed E-state index contributed by atoms with van der Waals surface area (Å²) >= 11 is 0.